The molecule has 3 rings (SSSR count). The Morgan fingerprint density at radius 2 is 1.96 bits per heavy atom. The lowest BCUT2D eigenvalue weighted by molar-refractivity contribution is -0.144. The SMILES string of the molecule is COC(=O)CC1C(OC(=O)c2ccccc2)CC2CCC1N2C. The molecule has 2 bridgehead atoms. The average molecular weight is 317 g/mol. The number of benzene rings is 1. The van der Waals surface area contributed by atoms with E-state index in [4.69, 9.17) is 9.47 Å². The Labute approximate surface area is 136 Å². The van der Waals surface area contributed by atoms with E-state index in [0.29, 0.717) is 18.0 Å². The summed E-state index contributed by atoms with van der Waals surface area (Å²) in [6.45, 7) is 0. The maximum absolute atomic E-state index is 12.4. The van der Waals surface area contributed by atoms with Gasteiger partial charge in [0, 0.05) is 24.4 Å². The second-order valence-electron chi connectivity index (χ2n) is 6.45. The molecular formula is C18H23NO4. The molecule has 2 aliphatic heterocycles. The third-order valence-electron chi connectivity index (χ3n) is 5.27. The van der Waals surface area contributed by atoms with Crippen molar-refractivity contribution >= 4 is 11.9 Å². The first-order valence-corrected chi connectivity index (χ1v) is 8.15. The van der Waals surface area contributed by atoms with Crippen molar-refractivity contribution in [3.63, 3.8) is 0 Å². The highest BCUT2D eigenvalue weighted by Crippen LogP contribution is 2.41. The van der Waals surface area contributed by atoms with Crippen LogP contribution in [-0.4, -0.2) is 49.2 Å². The molecule has 124 valence electrons. The summed E-state index contributed by atoms with van der Waals surface area (Å²) in [6.07, 6.45) is 2.99. The van der Waals surface area contributed by atoms with Crippen LogP contribution in [0, 0.1) is 5.92 Å². The van der Waals surface area contributed by atoms with E-state index in [0.717, 1.165) is 19.3 Å². The molecule has 4 atom stereocenters. The molecule has 2 aliphatic rings. The van der Waals surface area contributed by atoms with Crippen molar-refractivity contribution < 1.29 is 19.1 Å². The molecule has 0 saturated carbocycles. The molecule has 2 saturated heterocycles. The van der Waals surface area contributed by atoms with Crippen LogP contribution in [0.15, 0.2) is 30.3 Å². The molecule has 4 unspecified atom stereocenters. The van der Waals surface area contributed by atoms with Gasteiger partial charge in [0.2, 0.25) is 0 Å². The number of piperidine rings is 1. The van der Waals surface area contributed by atoms with Gasteiger partial charge in [-0.1, -0.05) is 18.2 Å². The second kappa shape index (κ2) is 6.71. The van der Waals surface area contributed by atoms with Crippen LogP contribution in [0.25, 0.3) is 0 Å². The Morgan fingerprint density at radius 3 is 2.65 bits per heavy atom. The van der Waals surface area contributed by atoms with Gasteiger partial charge in [0.25, 0.3) is 0 Å². The lowest BCUT2D eigenvalue weighted by Crippen LogP contribution is -2.51. The molecule has 0 aliphatic carbocycles. The normalized spacial score (nSPS) is 30.0. The van der Waals surface area contributed by atoms with E-state index >= 15 is 0 Å². The molecule has 0 N–H and O–H groups in total. The zero-order valence-corrected chi connectivity index (χ0v) is 13.6. The molecule has 23 heavy (non-hydrogen) atoms. The number of carbonyl (C=O) groups is 2. The Morgan fingerprint density at radius 1 is 1.22 bits per heavy atom. The number of carbonyl (C=O) groups excluding carboxylic acids is 2. The van der Waals surface area contributed by atoms with Crippen molar-refractivity contribution in [2.24, 2.45) is 5.92 Å². The summed E-state index contributed by atoms with van der Waals surface area (Å²) in [4.78, 5) is 26.5. The van der Waals surface area contributed by atoms with Crippen molar-refractivity contribution in [1.82, 2.24) is 4.90 Å². The Hall–Kier alpha value is -1.88. The fraction of sp³-hybridized carbons (Fsp3) is 0.556. The molecule has 1 aromatic carbocycles. The number of hydrogen-bond donors (Lipinski definition) is 0. The summed E-state index contributed by atoms with van der Waals surface area (Å²) < 4.78 is 10.6. The second-order valence-corrected chi connectivity index (χ2v) is 6.45. The topological polar surface area (TPSA) is 55.8 Å². The van der Waals surface area contributed by atoms with Gasteiger partial charge >= 0.3 is 11.9 Å². The smallest absolute Gasteiger partial charge is 0.338 e. The maximum atomic E-state index is 12.4. The highest BCUT2D eigenvalue weighted by Gasteiger charge is 2.47. The largest absolute Gasteiger partial charge is 0.469 e. The van der Waals surface area contributed by atoms with Crippen LogP contribution in [0.2, 0.25) is 0 Å². The minimum Gasteiger partial charge on any atom is -0.469 e. The number of hydrogen-bond acceptors (Lipinski definition) is 5. The quantitative estimate of drug-likeness (QED) is 0.797. The molecule has 2 heterocycles. The summed E-state index contributed by atoms with van der Waals surface area (Å²) in [7, 11) is 3.50. The van der Waals surface area contributed by atoms with Crippen LogP contribution in [-0.2, 0) is 14.3 Å². The standard InChI is InChI=1S/C18H23NO4/c1-19-13-8-9-15(19)14(11-17(20)22-2)16(10-13)23-18(21)12-6-4-3-5-7-12/h3-7,13-16H,8-11H2,1-2H3. The first-order chi connectivity index (χ1) is 11.1. The molecule has 1 aromatic rings. The first-order valence-electron chi connectivity index (χ1n) is 8.15. The first kappa shape index (κ1) is 16.0. The fourth-order valence-electron chi connectivity index (χ4n) is 3.99. The van der Waals surface area contributed by atoms with Crippen molar-refractivity contribution in [2.75, 3.05) is 14.2 Å². The van der Waals surface area contributed by atoms with Gasteiger partial charge in [0.05, 0.1) is 19.1 Å². The van der Waals surface area contributed by atoms with E-state index in [9.17, 15) is 9.59 Å². The maximum Gasteiger partial charge on any atom is 0.338 e. The lowest BCUT2D eigenvalue weighted by atomic mass is 9.85. The van der Waals surface area contributed by atoms with E-state index in [2.05, 4.69) is 11.9 Å². The van der Waals surface area contributed by atoms with Crippen LogP contribution in [0.5, 0.6) is 0 Å². The Bertz CT molecular complexity index is 574. The third-order valence-corrected chi connectivity index (χ3v) is 5.27. The number of ether oxygens (including phenoxy) is 2. The zero-order valence-electron chi connectivity index (χ0n) is 13.6. The molecule has 5 heteroatoms. The number of fused-ring (bicyclic) bond motifs is 2. The van der Waals surface area contributed by atoms with E-state index in [1.165, 1.54) is 7.11 Å². The molecule has 0 radical (unpaired) electrons. The van der Waals surface area contributed by atoms with E-state index < -0.39 is 0 Å². The van der Waals surface area contributed by atoms with Crippen LogP contribution < -0.4 is 0 Å². The Kier molecular flexibility index (Phi) is 4.66. The minimum absolute atomic E-state index is 0.00105. The third kappa shape index (κ3) is 3.24. The van der Waals surface area contributed by atoms with Gasteiger partial charge in [-0.3, -0.25) is 9.69 Å². The van der Waals surface area contributed by atoms with Crippen molar-refractivity contribution in [1.29, 1.82) is 0 Å². The van der Waals surface area contributed by atoms with Crippen LogP contribution >= 0.6 is 0 Å². The van der Waals surface area contributed by atoms with Crippen LogP contribution in [0.3, 0.4) is 0 Å². The molecule has 0 spiro atoms. The average Bonchev–Trinajstić information content (AvgIpc) is 2.82. The van der Waals surface area contributed by atoms with E-state index in [1.54, 1.807) is 12.1 Å². The van der Waals surface area contributed by atoms with Gasteiger partial charge in [-0.15, -0.1) is 0 Å². The molecule has 2 fully saturated rings. The molecular weight excluding hydrogens is 294 g/mol. The minimum atomic E-state index is -0.311. The van der Waals surface area contributed by atoms with Crippen molar-refractivity contribution in [2.45, 2.75) is 43.9 Å². The molecule has 0 aromatic heterocycles. The van der Waals surface area contributed by atoms with Gasteiger partial charge in [-0.25, -0.2) is 4.79 Å². The predicted octanol–water partition coefficient (Wildman–Crippen LogP) is 2.26. The Balaban J connectivity index is 1.75. The fourth-order valence-corrected chi connectivity index (χ4v) is 3.99. The summed E-state index contributed by atoms with van der Waals surface area (Å²) in [5, 5.41) is 0. The van der Waals surface area contributed by atoms with Crippen molar-refractivity contribution in [3.8, 4) is 0 Å². The highest BCUT2D eigenvalue weighted by molar-refractivity contribution is 5.89. The zero-order chi connectivity index (χ0) is 16.4. The lowest BCUT2D eigenvalue weighted by Gasteiger charge is -2.42. The number of esters is 2. The summed E-state index contributed by atoms with van der Waals surface area (Å²) in [6, 6.07) is 9.72. The van der Waals surface area contributed by atoms with E-state index in [-0.39, 0.29) is 30.0 Å². The van der Waals surface area contributed by atoms with Crippen LogP contribution in [0.1, 0.15) is 36.0 Å². The number of nitrogens with zero attached hydrogens (tertiary/aromatic N) is 1. The van der Waals surface area contributed by atoms with Gasteiger partial charge in [-0.05, 0) is 32.0 Å². The summed E-state index contributed by atoms with van der Waals surface area (Å²) in [5.41, 5.74) is 0.551. The van der Waals surface area contributed by atoms with Crippen LogP contribution in [0.4, 0.5) is 0 Å². The van der Waals surface area contributed by atoms with Gasteiger partial charge in [0.1, 0.15) is 6.10 Å². The van der Waals surface area contributed by atoms with Gasteiger partial charge in [0.15, 0.2) is 0 Å². The molecule has 5 nitrogen and oxygen atoms in total. The molecule has 0 amide bonds. The number of methoxy groups -OCH3 is 1. The van der Waals surface area contributed by atoms with E-state index in [1.807, 2.05) is 18.2 Å². The van der Waals surface area contributed by atoms with Crippen molar-refractivity contribution in [3.05, 3.63) is 35.9 Å². The van der Waals surface area contributed by atoms with Gasteiger partial charge < -0.3 is 9.47 Å². The monoisotopic (exact) mass is 317 g/mol. The summed E-state index contributed by atoms with van der Waals surface area (Å²) >= 11 is 0. The highest BCUT2D eigenvalue weighted by atomic mass is 16.5. The summed E-state index contributed by atoms with van der Waals surface area (Å²) in [5.74, 6) is -0.553. The van der Waals surface area contributed by atoms with Gasteiger partial charge in [-0.2, -0.15) is 0 Å². The predicted molar refractivity (Wildman–Crippen MR) is 85.0 cm³/mol. The number of rotatable bonds is 4.